The second-order valence-corrected chi connectivity index (χ2v) is 3.23. The van der Waals surface area contributed by atoms with E-state index < -0.39 is 0 Å². The second-order valence-electron chi connectivity index (χ2n) is 3.23. The Morgan fingerprint density at radius 1 is 1.20 bits per heavy atom. The molecule has 0 N–H and O–H groups in total. The monoisotopic (exact) mass is 203 g/mol. The van der Waals surface area contributed by atoms with E-state index in [4.69, 9.17) is 0 Å². The summed E-state index contributed by atoms with van der Waals surface area (Å²) in [4.78, 5) is 12.6. The number of rotatable bonds is 5. The molecule has 0 heterocycles. The zero-order chi connectivity index (χ0) is 11.1. The van der Waals surface area contributed by atoms with Gasteiger partial charge < -0.3 is 4.90 Å². The number of carbonyl (C=O) groups excluding carboxylic acids is 1. The Morgan fingerprint density at radius 3 is 2.47 bits per heavy atom. The predicted molar refractivity (Wildman–Crippen MR) is 65.1 cm³/mol. The molecule has 0 aromatic heterocycles. The van der Waals surface area contributed by atoms with E-state index in [-0.39, 0.29) is 0 Å². The summed E-state index contributed by atoms with van der Waals surface area (Å²) in [5, 5.41) is 0. The van der Waals surface area contributed by atoms with Crippen molar-refractivity contribution in [1.82, 2.24) is 0 Å². The summed E-state index contributed by atoms with van der Waals surface area (Å²) in [6.45, 7) is 6.21. The molecular formula is C13H17NO. The summed E-state index contributed by atoms with van der Waals surface area (Å²) in [6.07, 6.45) is 4.18. The number of aldehydes is 1. The molecule has 80 valence electrons. The zero-order valence-electron chi connectivity index (χ0n) is 9.31. The van der Waals surface area contributed by atoms with Crippen molar-refractivity contribution in [3.63, 3.8) is 0 Å². The predicted octanol–water partition coefficient (Wildman–Crippen LogP) is 2.74. The maximum absolute atomic E-state index is 10.3. The molecule has 0 saturated heterocycles. The fourth-order valence-corrected chi connectivity index (χ4v) is 1.62. The van der Waals surface area contributed by atoms with Crippen molar-refractivity contribution in [3.8, 4) is 0 Å². The molecule has 15 heavy (non-hydrogen) atoms. The van der Waals surface area contributed by atoms with E-state index in [2.05, 4.69) is 24.8 Å². The molecule has 0 radical (unpaired) electrons. The Morgan fingerprint density at radius 2 is 1.87 bits per heavy atom. The highest BCUT2D eigenvalue weighted by atomic mass is 16.1. The van der Waals surface area contributed by atoms with Crippen molar-refractivity contribution in [2.45, 2.75) is 13.8 Å². The Balaban J connectivity index is 3.04. The van der Waals surface area contributed by atoms with Gasteiger partial charge >= 0.3 is 0 Å². The normalized spacial score (nSPS) is 10.5. The lowest BCUT2D eigenvalue weighted by molar-refractivity contribution is -0.104. The molecule has 0 amide bonds. The molecule has 0 aliphatic rings. The van der Waals surface area contributed by atoms with E-state index >= 15 is 0 Å². The fourth-order valence-electron chi connectivity index (χ4n) is 1.62. The van der Waals surface area contributed by atoms with E-state index in [1.807, 2.05) is 24.3 Å². The molecule has 0 unspecified atom stereocenters. The number of allylic oxidation sites excluding steroid dienone is 1. The van der Waals surface area contributed by atoms with Gasteiger partial charge in [0.2, 0.25) is 0 Å². The highest BCUT2D eigenvalue weighted by molar-refractivity contribution is 5.78. The van der Waals surface area contributed by atoms with Gasteiger partial charge in [-0.3, -0.25) is 4.79 Å². The maximum atomic E-state index is 10.3. The van der Waals surface area contributed by atoms with Gasteiger partial charge in [-0.05, 0) is 37.6 Å². The maximum Gasteiger partial charge on any atom is 0.142 e. The first-order chi connectivity index (χ1) is 7.33. The third-order valence-electron chi connectivity index (χ3n) is 2.40. The van der Waals surface area contributed by atoms with Gasteiger partial charge in [-0.25, -0.2) is 0 Å². The summed E-state index contributed by atoms with van der Waals surface area (Å²) < 4.78 is 0. The van der Waals surface area contributed by atoms with Gasteiger partial charge in [-0.1, -0.05) is 18.2 Å². The SMILES string of the molecule is CCN(CC)c1ccccc1/C=C/C=O. The Kier molecular flexibility index (Phi) is 4.61. The molecule has 2 heteroatoms. The topological polar surface area (TPSA) is 20.3 Å². The molecule has 1 aromatic rings. The van der Waals surface area contributed by atoms with Crippen LogP contribution in [0.15, 0.2) is 30.3 Å². The molecule has 0 spiro atoms. The summed E-state index contributed by atoms with van der Waals surface area (Å²) >= 11 is 0. The van der Waals surface area contributed by atoms with Crippen LogP contribution in [0.25, 0.3) is 6.08 Å². The quantitative estimate of drug-likeness (QED) is 0.541. The summed E-state index contributed by atoms with van der Waals surface area (Å²) in [5.41, 5.74) is 2.27. The van der Waals surface area contributed by atoms with E-state index in [1.165, 1.54) is 11.8 Å². The van der Waals surface area contributed by atoms with Crippen LogP contribution in [-0.2, 0) is 4.79 Å². The van der Waals surface area contributed by atoms with Crippen molar-refractivity contribution in [2.75, 3.05) is 18.0 Å². The van der Waals surface area contributed by atoms with Gasteiger partial charge in [-0.2, -0.15) is 0 Å². The van der Waals surface area contributed by atoms with Crippen molar-refractivity contribution in [1.29, 1.82) is 0 Å². The number of carbonyl (C=O) groups is 1. The van der Waals surface area contributed by atoms with Crippen LogP contribution in [0.1, 0.15) is 19.4 Å². The fraction of sp³-hybridized carbons (Fsp3) is 0.308. The van der Waals surface area contributed by atoms with Gasteiger partial charge in [0.05, 0.1) is 0 Å². The summed E-state index contributed by atoms with van der Waals surface area (Å²) in [7, 11) is 0. The first kappa shape index (κ1) is 11.5. The lowest BCUT2D eigenvalue weighted by atomic mass is 10.1. The molecule has 0 saturated carbocycles. The van der Waals surface area contributed by atoms with Crippen LogP contribution in [0.3, 0.4) is 0 Å². The Hall–Kier alpha value is -1.57. The third kappa shape index (κ3) is 2.94. The van der Waals surface area contributed by atoms with Crippen LogP contribution in [0.5, 0.6) is 0 Å². The van der Waals surface area contributed by atoms with Crippen LogP contribution in [0, 0.1) is 0 Å². The standard InChI is InChI=1S/C13H17NO/c1-3-14(4-2)13-10-6-5-8-12(13)9-7-11-15/h5-11H,3-4H2,1-2H3/b9-7+. The second kappa shape index (κ2) is 6.02. The van der Waals surface area contributed by atoms with Gasteiger partial charge in [0.25, 0.3) is 0 Å². The Labute approximate surface area is 91.2 Å². The van der Waals surface area contributed by atoms with Crippen molar-refractivity contribution < 1.29 is 4.79 Å². The summed E-state index contributed by atoms with van der Waals surface area (Å²) in [6, 6.07) is 8.11. The molecule has 2 nitrogen and oxygen atoms in total. The molecule has 1 aromatic carbocycles. The van der Waals surface area contributed by atoms with Crippen molar-refractivity contribution in [2.24, 2.45) is 0 Å². The number of hydrogen-bond donors (Lipinski definition) is 0. The van der Waals surface area contributed by atoms with E-state index in [0.717, 1.165) is 24.9 Å². The molecule has 0 aliphatic heterocycles. The van der Waals surface area contributed by atoms with Gasteiger partial charge in [-0.15, -0.1) is 0 Å². The van der Waals surface area contributed by atoms with Crippen molar-refractivity contribution in [3.05, 3.63) is 35.9 Å². The minimum absolute atomic E-state index is 0.805. The first-order valence-corrected chi connectivity index (χ1v) is 5.29. The largest absolute Gasteiger partial charge is 0.372 e. The first-order valence-electron chi connectivity index (χ1n) is 5.29. The minimum Gasteiger partial charge on any atom is -0.372 e. The minimum atomic E-state index is 0.805. The number of benzene rings is 1. The van der Waals surface area contributed by atoms with Gasteiger partial charge in [0, 0.05) is 18.8 Å². The Bertz CT molecular complexity index is 340. The zero-order valence-corrected chi connectivity index (χ0v) is 9.31. The molecule has 1 rings (SSSR count). The highest BCUT2D eigenvalue weighted by Crippen LogP contribution is 2.21. The van der Waals surface area contributed by atoms with Crippen LogP contribution in [-0.4, -0.2) is 19.4 Å². The number of nitrogens with zero attached hydrogens (tertiary/aromatic N) is 1. The average molecular weight is 203 g/mol. The highest BCUT2D eigenvalue weighted by Gasteiger charge is 2.04. The molecule has 0 bridgehead atoms. The molecule has 0 fully saturated rings. The van der Waals surface area contributed by atoms with Crippen LogP contribution in [0.4, 0.5) is 5.69 Å². The lowest BCUT2D eigenvalue weighted by Gasteiger charge is -2.22. The number of anilines is 1. The molecular weight excluding hydrogens is 186 g/mol. The smallest absolute Gasteiger partial charge is 0.142 e. The molecule has 0 atom stereocenters. The van der Waals surface area contributed by atoms with Crippen LogP contribution < -0.4 is 4.90 Å². The number of para-hydroxylation sites is 1. The van der Waals surface area contributed by atoms with E-state index in [0.29, 0.717) is 0 Å². The summed E-state index contributed by atoms with van der Waals surface area (Å²) in [5.74, 6) is 0. The lowest BCUT2D eigenvalue weighted by Crippen LogP contribution is -2.22. The van der Waals surface area contributed by atoms with E-state index in [9.17, 15) is 4.79 Å². The average Bonchev–Trinajstić information content (AvgIpc) is 2.29. The van der Waals surface area contributed by atoms with Crippen LogP contribution in [0.2, 0.25) is 0 Å². The van der Waals surface area contributed by atoms with Crippen LogP contribution >= 0.6 is 0 Å². The van der Waals surface area contributed by atoms with E-state index in [1.54, 1.807) is 0 Å². The van der Waals surface area contributed by atoms with Gasteiger partial charge in [0.15, 0.2) is 0 Å². The third-order valence-corrected chi connectivity index (χ3v) is 2.40. The van der Waals surface area contributed by atoms with Crippen molar-refractivity contribution >= 4 is 18.0 Å². The molecule has 0 aliphatic carbocycles. The number of hydrogen-bond acceptors (Lipinski definition) is 2. The van der Waals surface area contributed by atoms with Gasteiger partial charge in [0.1, 0.15) is 6.29 Å².